The van der Waals surface area contributed by atoms with Crippen molar-refractivity contribution in [3.05, 3.63) is 32.3 Å². The lowest BCUT2D eigenvalue weighted by atomic mass is 10.3. The van der Waals surface area contributed by atoms with Gasteiger partial charge >= 0.3 is 5.69 Å². The van der Waals surface area contributed by atoms with Gasteiger partial charge in [-0.1, -0.05) is 23.2 Å². The second-order valence-corrected chi connectivity index (χ2v) is 2.86. The Labute approximate surface area is 83.6 Å². The molecule has 4 N–H and O–H groups in total. The van der Waals surface area contributed by atoms with Gasteiger partial charge in [-0.25, -0.2) is 0 Å². The second kappa shape index (κ2) is 4.27. The highest BCUT2D eigenvalue weighted by Gasteiger charge is 2.17. The standard InChI is InChI=1S/C6H3Cl2NO3.H3N/c7-3-1-4(8)6(10)5(2-3)9(11)12;/h1-2,10H;1H3. The maximum atomic E-state index is 10.3. The normalized spacial score (nSPS) is 9.08. The Hall–Kier alpha value is -1.04. The molecule has 0 fully saturated rings. The van der Waals surface area contributed by atoms with Gasteiger partial charge in [-0.2, -0.15) is 0 Å². The highest BCUT2D eigenvalue weighted by atomic mass is 35.5. The fraction of sp³-hybridized carbons (Fsp3) is 0. The first-order valence-electron chi connectivity index (χ1n) is 2.85. The number of rotatable bonds is 1. The smallest absolute Gasteiger partial charge is 0.313 e. The van der Waals surface area contributed by atoms with Gasteiger partial charge < -0.3 is 11.3 Å². The Kier molecular flexibility index (Phi) is 3.93. The number of hydrogen-bond donors (Lipinski definition) is 2. The topological polar surface area (TPSA) is 98.4 Å². The predicted octanol–water partition coefficient (Wildman–Crippen LogP) is 2.77. The molecular weight excluding hydrogens is 219 g/mol. The quantitative estimate of drug-likeness (QED) is 0.566. The van der Waals surface area contributed by atoms with E-state index in [-0.39, 0.29) is 16.2 Å². The second-order valence-electron chi connectivity index (χ2n) is 2.01. The van der Waals surface area contributed by atoms with Crippen LogP contribution >= 0.6 is 23.2 Å². The summed E-state index contributed by atoms with van der Waals surface area (Å²) in [5, 5.41) is 19.3. The first-order valence-corrected chi connectivity index (χ1v) is 3.60. The number of aromatic hydroxyl groups is 1. The molecular formula is C6H6Cl2N2O3. The van der Waals surface area contributed by atoms with E-state index in [1.807, 2.05) is 0 Å². The average Bonchev–Trinajstić information content (AvgIpc) is 1.96. The van der Waals surface area contributed by atoms with Gasteiger partial charge in [0.2, 0.25) is 5.75 Å². The number of phenolic OH excluding ortho intramolecular Hbond substituents is 1. The summed E-state index contributed by atoms with van der Waals surface area (Å²) in [7, 11) is 0. The molecule has 0 aromatic heterocycles. The van der Waals surface area contributed by atoms with Crippen LogP contribution < -0.4 is 6.15 Å². The SMILES string of the molecule is N.O=[N+]([O-])c1cc(Cl)cc(Cl)c1O. The zero-order chi connectivity index (χ0) is 9.30. The van der Waals surface area contributed by atoms with E-state index in [4.69, 9.17) is 28.3 Å². The van der Waals surface area contributed by atoms with Crippen LogP contribution in [0.25, 0.3) is 0 Å². The van der Waals surface area contributed by atoms with Crippen molar-refractivity contribution in [3.63, 3.8) is 0 Å². The number of nitro groups is 1. The van der Waals surface area contributed by atoms with Crippen LogP contribution in [0, 0.1) is 10.1 Å². The van der Waals surface area contributed by atoms with Crippen LogP contribution in [0.2, 0.25) is 10.0 Å². The lowest BCUT2D eigenvalue weighted by Gasteiger charge is -1.98. The van der Waals surface area contributed by atoms with Crippen molar-refractivity contribution in [2.45, 2.75) is 0 Å². The summed E-state index contributed by atoms with van der Waals surface area (Å²) < 4.78 is 0. The molecule has 1 aromatic rings. The number of nitrogens with zero attached hydrogens (tertiary/aromatic N) is 1. The van der Waals surface area contributed by atoms with Crippen LogP contribution in [-0.4, -0.2) is 10.0 Å². The van der Waals surface area contributed by atoms with Crippen molar-refractivity contribution in [1.29, 1.82) is 0 Å². The highest BCUT2D eigenvalue weighted by Crippen LogP contribution is 2.36. The Balaban J connectivity index is 0.00000144. The number of hydrogen-bond acceptors (Lipinski definition) is 4. The van der Waals surface area contributed by atoms with Crippen LogP contribution in [0.4, 0.5) is 5.69 Å². The summed E-state index contributed by atoms with van der Waals surface area (Å²) in [6.07, 6.45) is 0. The van der Waals surface area contributed by atoms with Gasteiger partial charge in [-0.15, -0.1) is 0 Å². The average molecular weight is 225 g/mol. The van der Waals surface area contributed by atoms with E-state index in [0.29, 0.717) is 0 Å². The molecule has 72 valence electrons. The maximum absolute atomic E-state index is 10.3. The molecule has 1 aromatic carbocycles. The maximum Gasteiger partial charge on any atom is 0.313 e. The van der Waals surface area contributed by atoms with Crippen LogP contribution in [0.15, 0.2) is 12.1 Å². The minimum Gasteiger partial charge on any atom is -0.501 e. The monoisotopic (exact) mass is 224 g/mol. The van der Waals surface area contributed by atoms with E-state index >= 15 is 0 Å². The third kappa shape index (κ3) is 2.45. The van der Waals surface area contributed by atoms with Crippen molar-refractivity contribution in [2.24, 2.45) is 0 Å². The van der Waals surface area contributed by atoms with E-state index in [2.05, 4.69) is 0 Å². The van der Waals surface area contributed by atoms with Crippen LogP contribution in [0.3, 0.4) is 0 Å². The van der Waals surface area contributed by atoms with Gasteiger partial charge in [-0.05, 0) is 6.07 Å². The van der Waals surface area contributed by atoms with Gasteiger partial charge in [0, 0.05) is 11.1 Å². The predicted molar refractivity (Wildman–Crippen MR) is 49.8 cm³/mol. The molecule has 0 saturated heterocycles. The van der Waals surface area contributed by atoms with E-state index in [9.17, 15) is 10.1 Å². The first-order chi connectivity index (χ1) is 5.52. The summed E-state index contributed by atoms with van der Waals surface area (Å²) >= 11 is 10.9. The highest BCUT2D eigenvalue weighted by molar-refractivity contribution is 6.36. The van der Waals surface area contributed by atoms with E-state index in [1.54, 1.807) is 0 Å². The molecule has 0 aliphatic heterocycles. The van der Waals surface area contributed by atoms with Gasteiger partial charge in [0.05, 0.1) is 9.95 Å². The molecule has 0 bridgehead atoms. The number of benzene rings is 1. The fourth-order valence-corrected chi connectivity index (χ4v) is 1.17. The fourth-order valence-electron chi connectivity index (χ4n) is 0.692. The van der Waals surface area contributed by atoms with Gasteiger partial charge in [-0.3, -0.25) is 10.1 Å². The molecule has 7 heteroatoms. The van der Waals surface area contributed by atoms with E-state index < -0.39 is 16.4 Å². The summed E-state index contributed by atoms with van der Waals surface area (Å²) in [4.78, 5) is 9.50. The lowest BCUT2D eigenvalue weighted by Crippen LogP contribution is -1.88. The van der Waals surface area contributed by atoms with Gasteiger partial charge in [0.25, 0.3) is 0 Å². The Morgan fingerprint density at radius 3 is 2.38 bits per heavy atom. The molecule has 0 aliphatic rings. The van der Waals surface area contributed by atoms with Gasteiger partial charge in [0.15, 0.2) is 0 Å². The summed E-state index contributed by atoms with van der Waals surface area (Å²) in [6, 6.07) is 2.26. The van der Waals surface area contributed by atoms with E-state index in [0.717, 1.165) is 6.07 Å². The third-order valence-electron chi connectivity index (χ3n) is 1.20. The molecule has 0 atom stereocenters. The Bertz CT molecular complexity index is 343. The van der Waals surface area contributed by atoms with Crippen molar-refractivity contribution >= 4 is 28.9 Å². The number of phenols is 1. The molecule has 0 heterocycles. The molecule has 5 nitrogen and oxygen atoms in total. The van der Waals surface area contributed by atoms with Crippen molar-refractivity contribution in [3.8, 4) is 5.75 Å². The molecule has 0 spiro atoms. The molecule has 0 unspecified atom stereocenters. The third-order valence-corrected chi connectivity index (χ3v) is 1.71. The van der Waals surface area contributed by atoms with Crippen molar-refractivity contribution < 1.29 is 10.0 Å². The van der Waals surface area contributed by atoms with Crippen molar-refractivity contribution in [2.75, 3.05) is 0 Å². The Morgan fingerprint density at radius 2 is 1.92 bits per heavy atom. The number of halogens is 2. The van der Waals surface area contributed by atoms with Crippen LogP contribution in [-0.2, 0) is 0 Å². The zero-order valence-corrected chi connectivity index (χ0v) is 7.84. The van der Waals surface area contributed by atoms with Gasteiger partial charge in [0.1, 0.15) is 0 Å². The van der Waals surface area contributed by atoms with Crippen molar-refractivity contribution in [1.82, 2.24) is 6.15 Å². The molecule has 13 heavy (non-hydrogen) atoms. The van der Waals surface area contributed by atoms with Crippen LogP contribution in [0.5, 0.6) is 5.75 Å². The minimum absolute atomic E-state index is 0. The Morgan fingerprint density at radius 1 is 1.38 bits per heavy atom. The largest absolute Gasteiger partial charge is 0.501 e. The summed E-state index contributed by atoms with van der Waals surface area (Å²) in [5.41, 5.74) is -0.493. The molecule has 1 rings (SSSR count). The minimum atomic E-state index is -0.757. The summed E-state index contributed by atoms with van der Waals surface area (Å²) in [6.45, 7) is 0. The lowest BCUT2D eigenvalue weighted by molar-refractivity contribution is -0.385. The molecule has 0 amide bonds. The zero-order valence-electron chi connectivity index (χ0n) is 6.33. The van der Waals surface area contributed by atoms with Crippen LogP contribution in [0.1, 0.15) is 0 Å². The first kappa shape index (κ1) is 12.0. The number of nitro benzene ring substituents is 1. The molecule has 0 radical (unpaired) electrons. The molecule has 0 saturated carbocycles. The molecule has 0 aliphatic carbocycles. The van der Waals surface area contributed by atoms with E-state index in [1.165, 1.54) is 6.07 Å². The summed E-state index contributed by atoms with van der Waals surface area (Å²) in [5.74, 6) is -0.564.